The van der Waals surface area contributed by atoms with E-state index >= 15 is 0 Å². The van der Waals surface area contributed by atoms with Crippen LogP contribution in [0.3, 0.4) is 0 Å². The Labute approximate surface area is 86.9 Å². The van der Waals surface area contributed by atoms with Gasteiger partial charge in [-0.05, 0) is 13.3 Å². The van der Waals surface area contributed by atoms with Crippen LogP contribution in [-0.2, 0) is 9.53 Å². The highest BCUT2D eigenvalue weighted by Crippen LogP contribution is 2.13. The maximum atomic E-state index is 11.3. The van der Waals surface area contributed by atoms with E-state index in [0.29, 0.717) is 10.1 Å². The number of hydrogen-bond acceptors (Lipinski definition) is 2. The Kier molecular flexibility index (Phi) is 4.85. The first-order chi connectivity index (χ1) is 6.29. The highest BCUT2D eigenvalue weighted by molar-refractivity contribution is 5.86. The molecule has 3 nitrogen and oxygen atoms in total. The number of hydrogen-bond donors (Lipinski definition) is 0. The predicted molar refractivity (Wildman–Crippen MR) is 57.6 cm³/mol. The van der Waals surface area contributed by atoms with Gasteiger partial charge in [0.2, 0.25) is 6.23 Å². The third kappa shape index (κ3) is 4.42. The van der Waals surface area contributed by atoms with Gasteiger partial charge in [0.25, 0.3) is 0 Å². The summed E-state index contributed by atoms with van der Waals surface area (Å²) in [6, 6.07) is 0. The van der Waals surface area contributed by atoms with E-state index in [1.807, 2.05) is 21.1 Å². The molecule has 3 heteroatoms. The van der Waals surface area contributed by atoms with E-state index < -0.39 is 0 Å². The largest absolute Gasteiger partial charge is 0.409 e. The van der Waals surface area contributed by atoms with Crippen molar-refractivity contribution in [2.75, 3.05) is 21.1 Å². The lowest BCUT2D eigenvalue weighted by atomic mass is 10.2. The lowest BCUT2D eigenvalue weighted by Gasteiger charge is -2.32. The fourth-order valence-electron chi connectivity index (χ4n) is 1.08. The van der Waals surface area contributed by atoms with Crippen LogP contribution in [0.4, 0.5) is 0 Å². The molecule has 0 saturated carbocycles. The zero-order valence-corrected chi connectivity index (χ0v) is 9.96. The summed E-state index contributed by atoms with van der Waals surface area (Å²) in [7, 11) is 6.06. The SMILES string of the molecule is C=C(C)C(=O)OC(CCC)[N+](C)(C)C. The summed E-state index contributed by atoms with van der Waals surface area (Å²) >= 11 is 0. The van der Waals surface area contributed by atoms with Gasteiger partial charge in [-0.25, -0.2) is 4.79 Å². The summed E-state index contributed by atoms with van der Waals surface area (Å²) in [6.07, 6.45) is 1.80. The minimum atomic E-state index is -0.295. The summed E-state index contributed by atoms with van der Waals surface area (Å²) in [4.78, 5) is 11.3. The van der Waals surface area contributed by atoms with Crippen LogP contribution in [0.5, 0.6) is 0 Å². The van der Waals surface area contributed by atoms with E-state index in [1.54, 1.807) is 6.92 Å². The minimum Gasteiger partial charge on any atom is -0.409 e. The zero-order chi connectivity index (χ0) is 11.4. The van der Waals surface area contributed by atoms with Crippen LogP contribution in [0.1, 0.15) is 26.7 Å². The van der Waals surface area contributed by atoms with E-state index in [2.05, 4.69) is 13.5 Å². The first kappa shape index (κ1) is 13.2. The Morgan fingerprint density at radius 3 is 2.21 bits per heavy atom. The van der Waals surface area contributed by atoms with Gasteiger partial charge in [-0.2, -0.15) is 0 Å². The molecule has 0 radical (unpaired) electrons. The van der Waals surface area contributed by atoms with Gasteiger partial charge in [-0.3, -0.25) is 4.48 Å². The van der Waals surface area contributed by atoms with E-state index in [-0.39, 0.29) is 12.2 Å². The normalized spacial score (nSPS) is 13.5. The third-order valence-corrected chi connectivity index (χ3v) is 1.99. The number of esters is 1. The molecule has 0 bridgehead atoms. The zero-order valence-electron chi connectivity index (χ0n) is 9.96. The third-order valence-electron chi connectivity index (χ3n) is 1.99. The quantitative estimate of drug-likeness (QED) is 0.293. The molecule has 0 fully saturated rings. The van der Waals surface area contributed by atoms with Crippen LogP contribution in [0.2, 0.25) is 0 Å². The molecule has 0 aromatic rings. The van der Waals surface area contributed by atoms with Gasteiger partial charge in [-0.1, -0.05) is 13.5 Å². The van der Waals surface area contributed by atoms with Crippen molar-refractivity contribution in [2.24, 2.45) is 0 Å². The Morgan fingerprint density at radius 2 is 1.93 bits per heavy atom. The van der Waals surface area contributed by atoms with Crippen molar-refractivity contribution in [1.29, 1.82) is 0 Å². The van der Waals surface area contributed by atoms with Gasteiger partial charge in [0.05, 0.1) is 21.1 Å². The van der Waals surface area contributed by atoms with E-state index in [9.17, 15) is 4.79 Å². The monoisotopic (exact) mass is 200 g/mol. The van der Waals surface area contributed by atoms with Crippen LogP contribution in [0, 0.1) is 0 Å². The van der Waals surface area contributed by atoms with Crippen molar-refractivity contribution >= 4 is 5.97 Å². The Balaban J connectivity index is 4.38. The van der Waals surface area contributed by atoms with Gasteiger partial charge < -0.3 is 4.74 Å². The van der Waals surface area contributed by atoms with Crippen molar-refractivity contribution in [1.82, 2.24) is 0 Å². The fourth-order valence-corrected chi connectivity index (χ4v) is 1.08. The second-order valence-electron chi connectivity index (χ2n) is 4.55. The lowest BCUT2D eigenvalue weighted by Crippen LogP contribution is -2.47. The predicted octanol–water partition coefficient (Wildman–Crippen LogP) is 1.94. The molecular weight excluding hydrogens is 178 g/mol. The summed E-state index contributed by atoms with van der Waals surface area (Å²) in [5.41, 5.74) is 0.458. The Hall–Kier alpha value is -0.830. The van der Waals surface area contributed by atoms with Crippen molar-refractivity contribution in [2.45, 2.75) is 32.9 Å². The minimum absolute atomic E-state index is 0.0794. The fraction of sp³-hybridized carbons (Fsp3) is 0.727. The van der Waals surface area contributed by atoms with Crippen molar-refractivity contribution < 1.29 is 14.0 Å². The molecule has 0 N–H and O–H groups in total. The average molecular weight is 200 g/mol. The number of carbonyl (C=O) groups excluding carboxylic acids is 1. The first-order valence-electron chi connectivity index (χ1n) is 4.96. The van der Waals surface area contributed by atoms with Gasteiger partial charge in [0.15, 0.2) is 0 Å². The van der Waals surface area contributed by atoms with Gasteiger partial charge >= 0.3 is 5.97 Å². The Morgan fingerprint density at radius 1 is 1.43 bits per heavy atom. The summed E-state index contributed by atoms with van der Waals surface area (Å²) in [5.74, 6) is -0.295. The number of quaternary nitrogens is 1. The molecule has 0 aliphatic carbocycles. The van der Waals surface area contributed by atoms with Gasteiger partial charge in [0, 0.05) is 12.0 Å². The maximum Gasteiger partial charge on any atom is 0.337 e. The number of carbonyl (C=O) groups is 1. The maximum absolute atomic E-state index is 11.3. The summed E-state index contributed by atoms with van der Waals surface area (Å²) in [5, 5.41) is 0. The van der Waals surface area contributed by atoms with Gasteiger partial charge in [-0.15, -0.1) is 0 Å². The molecule has 1 unspecified atom stereocenters. The Bertz CT molecular complexity index is 216. The van der Waals surface area contributed by atoms with Crippen LogP contribution < -0.4 is 0 Å². The van der Waals surface area contributed by atoms with Crippen LogP contribution in [0.15, 0.2) is 12.2 Å². The molecule has 0 saturated heterocycles. The van der Waals surface area contributed by atoms with Crippen molar-refractivity contribution in [3.8, 4) is 0 Å². The molecule has 82 valence electrons. The molecule has 1 atom stereocenters. The smallest absolute Gasteiger partial charge is 0.337 e. The molecule has 0 heterocycles. The molecule has 0 amide bonds. The van der Waals surface area contributed by atoms with Crippen LogP contribution >= 0.6 is 0 Å². The second-order valence-corrected chi connectivity index (χ2v) is 4.55. The topological polar surface area (TPSA) is 26.3 Å². The molecule has 0 spiro atoms. The van der Waals surface area contributed by atoms with Crippen LogP contribution in [-0.4, -0.2) is 37.8 Å². The molecule has 0 aliphatic heterocycles. The summed E-state index contributed by atoms with van der Waals surface area (Å²) < 4.78 is 5.98. The van der Waals surface area contributed by atoms with Crippen LogP contribution in [0.25, 0.3) is 0 Å². The van der Waals surface area contributed by atoms with E-state index in [0.717, 1.165) is 12.8 Å². The molecule has 14 heavy (non-hydrogen) atoms. The van der Waals surface area contributed by atoms with Crippen molar-refractivity contribution in [3.05, 3.63) is 12.2 Å². The number of nitrogens with zero attached hydrogens (tertiary/aromatic N) is 1. The highest BCUT2D eigenvalue weighted by Gasteiger charge is 2.26. The number of ether oxygens (including phenoxy) is 1. The number of rotatable bonds is 5. The van der Waals surface area contributed by atoms with Crippen molar-refractivity contribution in [3.63, 3.8) is 0 Å². The molecule has 0 aliphatic rings. The standard InChI is InChI=1S/C11H22NO2/c1-7-8-10(12(4,5)6)14-11(13)9(2)3/h10H,2,7-8H2,1,3-6H3/q+1. The molecule has 0 aromatic heterocycles. The highest BCUT2D eigenvalue weighted by atomic mass is 16.6. The van der Waals surface area contributed by atoms with Gasteiger partial charge in [0.1, 0.15) is 0 Å². The lowest BCUT2D eigenvalue weighted by molar-refractivity contribution is -0.917. The first-order valence-corrected chi connectivity index (χ1v) is 4.96. The average Bonchev–Trinajstić information content (AvgIpc) is 2.01. The molecular formula is C11H22NO2+. The second kappa shape index (κ2) is 5.15. The van der Waals surface area contributed by atoms with E-state index in [4.69, 9.17) is 4.74 Å². The molecule has 0 rings (SSSR count). The summed E-state index contributed by atoms with van der Waals surface area (Å²) in [6.45, 7) is 7.32. The molecule has 0 aromatic carbocycles. The van der Waals surface area contributed by atoms with E-state index in [1.165, 1.54) is 0 Å².